The van der Waals surface area contributed by atoms with Crippen molar-refractivity contribution in [2.24, 2.45) is 0 Å². The van der Waals surface area contributed by atoms with E-state index in [1.165, 1.54) is 32.1 Å². The van der Waals surface area contributed by atoms with Crippen LogP contribution in [-0.2, 0) is 0 Å². The summed E-state index contributed by atoms with van der Waals surface area (Å²) in [5.74, 6) is 0.682. The number of aromatic nitrogens is 1. The number of ether oxygens (including phenoxy) is 1. The Morgan fingerprint density at radius 2 is 1.84 bits per heavy atom. The molecule has 1 aromatic rings. The van der Waals surface area contributed by atoms with Gasteiger partial charge >= 0.3 is 0 Å². The van der Waals surface area contributed by atoms with Crippen molar-refractivity contribution in [3.63, 3.8) is 0 Å². The molecule has 0 amide bonds. The summed E-state index contributed by atoms with van der Waals surface area (Å²) < 4.78 is 5.73. The van der Waals surface area contributed by atoms with Gasteiger partial charge in [-0.3, -0.25) is 4.98 Å². The normalized spacial score (nSPS) is 10.2. The van der Waals surface area contributed by atoms with E-state index in [1.807, 2.05) is 19.9 Å². The average molecular weight is 260 g/mol. The van der Waals surface area contributed by atoms with Gasteiger partial charge in [-0.25, -0.2) is 0 Å². The molecule has 1 heterocycles. The molecule has 0 bridgehead atoms. The van der Waals surface area contributed by atoms with Gasteiger partial charge in [0, 0.05) is 11.8 Å². The Labute approximate surface area is 116 Å². The minimum atomic E-state index is 0.566. The van der Waals surface area contributed by atoms with Gasteiger partial charge < -0.3 is 4.74 Å². The molecule has 1 rings (SSSR count). The average Bonchev–Trinajstić information content (AvgIpc) is 2.37. The van der Waals surface area contributed by atoms with Crippen LogP contribution in [0.25, 0.3) is 0 Å². The predicted octanol–water partition coefficient (Wildman–Crippen LogP) is 4.31. The van der Waals surface area contributed by atoms with E-state index >= 15 is 0 Å². The first-order valence-electron chi connectivity index (χ1n) is 7.20. The number of pyridine rings is 1. The van der Waals surface area contributed by atoms with Crippen LogP contribution in [0.4, 0.5) is 0 Å². The minimum absolute atomic E-state index is 0.566. The lowest BCUT2D eigenvalue weighted by atomic mass is 10.1. The van der Waals surface area contributed by atoms with E-state index in [0.717, 1.165) is 17.8 Å². The third kappa shape index (κ3) is 5.30. The van der Waals surface area contributed by atoms with E-state index in [9.17, 15) is 0 Å². The molecule has 104 valence electrons. The number of aryl methyl sites for hydroxylation is 2. The zero-order valence-corrected chi connectivity index (χ0v) is 12.3. The largest absolute Gasteiger partial charge is 0.492 e. The summed E-state index contributed by atoms with van der Waals surface area (Å²) in [5, 5.41) is 9.12. The molecule has 0 unspecified atom stereocenters. The van der Waals surface area contributed by atoms with Crippen LogP contribution in [0.15, 0.2) is 6.07 Å². The maximum absolute atomic E-state index is 9.12. The molecule has 3 nitrogen and oxygen atoms in total. The molecule has 0 atom stereocenters. The maximum Gasteiger partial charge on any atom is 0.140 e. The summed E-state index contributed by atoms with van der Waals surface area (Å²) in [4.78, 5) is 4.28. The van der Waals surface area contributed by atoms with Crippen LogP contribution in [0.1, 0.15) is 62.4 Å². The van der Waals surface area contributed by atoms with E-state index in [2.05, 4.69) is 18.0 Å². The fourth-order valence-corrected chi connectivity index (χ4v) is 2.11. The van der Waals surface area contributed by atoms with Crippen molar-refractivity contribution in [2.75, 3.05) is 6.61 Å². The number of nitrogens with zero attached hydrogens (tertiary/aromatic N) is 2. The number of hydrogen-bond acceptors (Lipinski definition) is 3. The molecule has 0 aliphatic rings. The molecule has 0 spiro atoms. The fourth-order valence-electron chi connectivity index (χ4n) is 2.11. The van der Waals surface area contributed by atoms with E-state index in [1.54, 1.807) is 0 Å². The molecule has 19 heavy (non-hydrogen) atoms. The highest BCUT2D eigenvalue weighted by Crippen LogP contribution is 2.21. The molecule has 0 fully saturated rings. The second-order valence-corrected chi connectivity index (χ2v) is 4.95. The van der Waals surface area contributed by atoms with Gasteiger partial charge in [0.25, 0.3) is 0 Å². The molecule has 0 aliphatic carbocycles. The number of rotatable bonds is 8. The first kappa shape index (κ1) is 15.5. The molecule has 0 aliphatic heterocycles. The monoisotopic (exact) mass is 260 g/mol. The first-order valence-corrected chi connectivity index (χ1v) is 7.20. The lowest BCUT2D eigenvalue weighted by molar-refractivity contribution is 0.303. The van der Waals surface area contributed by atoms with Crippen molar-refractivity contribution < 1.29 is 4.74 Å². The van der Waals surface area contributed by atoms with Gasteiger partial charge in [-0.2, -0.15) is 5.26 Å². The van der Waals surface area contributed by atoms with Gasteiger partial charge in [-0.05, 0) is 20.3 Å². The van der Waals surface area contributed by atoms with Gasteiger partial charge in [-0.15, -0.1) is 0 Å². The molecule has 0 radical (unpaired) electrons. The molecule has 0 saturated carbocycles. The van der Waals surface area contributed by atoms with E-state index in [-0.39, 0.29) is 0 Å². The SMILES string of the molecule is CCCCCCCCOc1cc(C)nc(C)c1C#N. The Bertz CT molecular complexity index is 435. The van der Waals surface area contributed by atoms with Crippen LogP contribution in [0.3, 0.4) is 0 Å². The topological polar surface area (TPSA) is 45.9 Å². The van der Waals surface area contributed by atoms with Crippen molar-refractivity contribution in [1.82, 2.24) is 4.98 Å². The molecule has 0 aromatic carbocycles. The third-order valence-electron chi connectivity index (χ3n) is 3.16. The van der Waals surface area contributed by atoms with E-state index in [4.69, 9.17) is 10.00 Å². The number of nitriles is 1. The zero-order chi connectivity index (χ0) is 14.1. The van der Waals surface area contributed by atoms with Gasteiger partial charge in [0.2, 0.25) is 0 Å². The van der Waals surface area contributed by atoms with Crippen molar-refractivity contribution in [3.05, 3.63) is 23.0 Å². The summed E-state index contributed by atoms with van der Waals surface area (Å²) in [7, 11) is 0. The summed E-state index contributed by atoms with van der Waals surface area (Å²) >= 11 is 0. The van der Waals surface area contributed by atoms with Crippen molar-refractivity contribution >= 4 is 0 Å². The van der Waals surface area contributed by atoms with Crippen molar-refractivity contribution in [3.8, 4) is 11.8 Å². The Balaban J connectivity index is 2.39. The fraction of sp³-hybridized carbons (Fsp3) is 0.625. The van der Waals surface area contributed by atoms with E-state index in [0.29, 0.717) is 17.9 Å². The quantitative estimate of drug-likeness (QED) is 0.654. The first-order chi connectivity index (χ1) is 9.19. The Kier molecular flexibility index (Phi) is 6.95. The molecule has 0 N–H and O–H groups in total. The molecule has 3 heteroatoms. The Morgan fingerprint density at radius 1 is 1.16 bits per heavy atom. The van der Waals surface area contributed by atoms with Crippen molar-refractivity contribution in [2.45, 2.75) is 59.3 Å². The second-order valence-electron chi connectivity index (χ2n) is 4.95. The minimum Gasteiger partial charge on any atom is -0.492 e. The van der Waals surface area contributed by atoms with E-state index < -0.39 is 0 Å². The highest BCUT2D eigenvalue weighted by Gasteiger charge is 2.08. The van der Waals surface area contributed by atoms with Gasteiger partial charge in [0.15, 0.2) is 0 Å². The summed E-state index contributed by atoms with van der Waals surface area (Å²) in [6, 6.07) is 4.02. The third-order valence-corrected chi connectivity index (χ3v) is 3.16. The Hall–Kier alpha value is -1.56. The lowest BCUT2D eigenvalue weighted by Crippen LogP contribution is -2.02. The van der Waals surface area contributed by atoms with Crippen LogP contribution in [0.5, 0.6) is 5.75 Å². The standard InChI is InChI=1S/C16H24N2O/c1-4-5-6-7-8-9-10-19-16-11-13(2)18-14(3)15(16)12-17/h11H,4-10H2,1-3H3. The van der Waals surface area contributed by atoms with Crippen molar-refractivity contribution in [1.29, 1.82) is 5.26 Å². The van der Waals surface area contributed by atoms with Crippen LogP contribution in [0.2, 0.25) is 0 Å². The second kappa shape index (κ2) is 8.53. The number of unbranched alkanes of at least 4 members (excludes halogenated alkanes) is 5. The zero-order valence-electron chi connectivity index (χ0n) is 12.3. The lowest BCUT2D eigenvalue weighted by Gasteiger charge is -2.10. The smallest absolute Gasteiger partial charge is 0.140 e. The highest BCUT2D eigenvalue weighted by atomic mass is 16.5. The number of hydrogen-bond donors (Lipinski definition) is 0. The molecule has 0 saturated heterocycles. The van der Waals surface area contributed by atoms with Crippen LogP contribution in [-0.4, -0.2) is 11.6 Å². The summed E-state index contributed by atoms with van der Waals surface area (Å²) in [6.45, 7) is 6.68. The van der Waals surface area contributed by atoms with Crippen LogP contribution >= 0.6 is 0 Å². The summed E-state index contributed by atoms with van der Waals surface area (Å²) in [6.07, 6.45) is 7.43. The molecule has 1 aromatic heterocycles. The molecular formula is C16H24N2O. The van der Waals surface area contributed by atoms with Gasteiger partial charge in [0.1, 0.15) is 17.4 Å². The predicted molar refractivity (Wildman–Crippen MR) is 77.3 cm³/mol. The van der Waals surface area contributed by atoms with Crippen LogP contribution < -0.4 is 4.74 Å². The van der Waals surface area contributed by atoms with Gasteiger partial charge in [0.05, 0.1) is 12.3 Å². The van der Waals surface area contributed by atoms with Crippen LogP contribution in [0, 0.1) is 25.2 Å². The Morgan fingerprint density at radius 3 is 2.53 bits per heavy atom. The highest BCUT2D eigenvalue weighted by molar-refractivity contribution is 5.46. The van der Waals surface area contributed by atoms with Gasteiger partial charge in [-0.1, -0.05) is 39.0 Å². The summed E-state index contributed by atoms with van der Waals surface area (Å²) in [5.41, 5.74) is 2.21. The molecular weight excluding hydrogens is 236 g/mol. The maximum atomic E-state index is 9.12.